The standard InChI is InChI=1S/C11H20N4S/c1-9(2)11(4)13-8-14-15-10(3)7-12-5-6-16/h5-9,12,15-16H,1-4H3/b6-5-,10-7+,13-11+,14-8-. The summed E-state index contributed by atoms with van der Waals surface area (Å²) >= 11 is 3.91. The molecule has 0 amide bonds. The molecule has 90 valence electrons. The number of allylic oxidation sites excluding steroid dienone is 1. The van der Waals surface area contributed by atoms with Gasteiger partial charge in [0.05, 0.1) is 0 Å². The fourth-order valence-electron chi connectivity index (χ4n) is 0.648. The highest BCUT2D eigenvalue weighted by atomic mass is 32.1. The first-order valence-electron chi connectivity index (χ1n) is 5.11. The van der Waals surface area contributed by atoms with Crippen LogP contribution in [0.25, 0.3) is 0 Å². The van der Waals surface area contributed by atoms with Crippen LogP contribution in [-0.2, 0) is 0 Å². The lowest BCUT2D eigenvalue weighted by Crippen LogP contribution is -2.07. The van der Waals surface area contributed by atoms with Gasteiger partial charge < -0.3 is 5.32 Å². The van der Waals surface area contributed by atoms with Gasteiger partial charge in [0, 0.05) is 23.8 Å². The molecule has 0 fully saturated rings. The molecule has 2 N–H and O–H groups in total. The molecule has 0 saturated heterocycles. The van der Waals surface area contributed by atoms with Crippen LogP contribution in [-0.4, -0.2) is 12.1 Å². The fraction of sp³-hybridized carbons (Fsp3) is 0.455. The van der Waals surface area contributed by atoms with Crippen molar-refractivity contribution in [1.29, 1.82) is 0 Å². The smallest absolute Gasteiger partial charge is 0.135 e. The summed E-state index contributed by atoms with van der Waals surface area (Å²) in [6.07, 6.45) is 5.00. The van der Waals surface area contributed by atoms with E-state index in [4.69, 9.17) is 0 Å². The molecule has 4 nitrogen and oxygen atoms in total. The Morgan fingerprint density at radius 1 is 1.31 bits per heavy atom. The molecule has 0 saturated carbocycles. The number of hydrogen-bond acceptors (Lipinski definition) is 4. The van der Waals surface area contributed by atoms with Gasteiger partial charge >= 0.3 is 0 Å². The number of nitrogens with one attached hydrogen (secondary N) is 2. The van der Waals surface area contributed by atoms with Gasteiger partial charge in [0.15, 0.2) is 0 Å². The van der Waals surface area contributed by atoms with E-state index >= 15 is 0 Å². The van der Waals surface area contributed by atoms with Crippen LogP contribution in [0.4, 0.5) is 0 Å². The Morgan fingerprint density at radius 3 is 2.56 bits per heavy atom. The Balaban J connectivity index is 4.00. The Labute approximate surface area is 103 Å². The van der Waals surface area contributed by atoms with Crippen molar-refractivity contribution in [2.75, 3.05) is 0 Å². The summed E-state index contributed by atoms with van der Waals surface area (Å²) in [4.78, 5) is 4.18. The minimum Gasteiger partial charge on any atom is -0.366 e. The van der Waals surface area contributed by atoms with E-state index in [1.807, 2.05) is 13.8 Å². The lowest BCUT2D eigenvalue weighted by atomic mass is 10.1. The molecule has 0 radical (unpaired) electrons. The van der Waals surface area contributed by atoms with Crippen molar-refractivity contribution in [3.63, 3.8) is 0 Å². The number of nitrogens with zero attached hydrogens (tertiary/aromatic N) is 2. The van der Waals surface area contributed by atoms with E-state index in [1.54, 1.807) is 17.8 Å². The number of hydrazone groups is 1. The number of rotatable bonds is 6. The highest BCUT2D eigenvalue weighted by Crippen LogP contribution is 1.94. The zero-order valence-electron chi connectivity index (χ0n) is 10.2. The molecule has 0 heterocycles. The second-order valence-electron chi connectivity index (χ2n) is 3.59. The predicted octanol–water partition coefficient (Wildman–Crippen LogP) is 2.49. The van der Waals surface area contributed by atoms with Crippen molar-refractivity contribution in [3.8, 4) is 0 Å². The van der Waals surface area contributed by atoms with Crippen LogP contribution in [0.15, 0.2) is 33.6 Å². The molecule has 0 spiro atoms. The molecule has 5 heteroatoms. The van der Waals surface area contributed by atoms with Crippen LogP contribution in [0.5, 0.6) is 0 Å². The highest BCUT2D eigenvalue weighted by Gasteiger charge is 1.94. The Hall–Kier alpha value is -1.23. The van der Waals surface area contributed by atoms with Gasteiger partial charge in [0.25, 0.3) is 0 Å². The van der Waals surface area contributed by atoms with E-state index in [2.05, 4.69) is 47.3 Å². The van der Waals surface area contributed by atoms with Gasteiger partial charge in [0.2, 0.25) is 0 Å². The monoisotopic (exact) mass is 240 g/mol. The molecule has 0 aliphatic carbocycles. The third kappa shape index (κ3) is 8.11. The summed E-state index contributed by atoms with van der Waals surface area (Å²) in [5.74, 6) is 0.449. The van der Waals surface area contributed by atoms with Crippen molar-refractivity contribution in [1.82, 2.24) is 10.7 Å². The lowest BCUT2D eigenvalue weighted by molar-refractivity contribution is 0.867. The molecule has 16 heavy (non-hydrogen) atoms. The number of thiol groups is 1. The molecule has 0 unspecified atom stereocenters. The van der Waals surface area contributed by atoms with Gasteiger partial charge in [0.1, 0.15) is 6.34 Å². The van der Waals surface area contributed by atoms with Crippen molar-refractivity contribution < 1.29 is 0 Å². The Kier molecular flexibility index (Phi) is 8.34. The van der Waals surface area contributed by atoms with Crippen LogP contribution >= 0.6 is 12.6 Å². The summed E-state index contributed by atoms with van der Waals surface area (Å²) in [6, 6.07) is 0. The van der Waals surface area contributed by atoms with Gasteiger partial charge in [-0.05, 0) is 25.2 Å². The van der Waals surface area contributed by atoms with Gasteiger partial charge in [-0.25, -0.2) is 4.99 Å². The van der Waals surface area contributed by atoms with E-state index in [1.165, 1.54) is 6.34 Å². The molecule has 0 aromatic heterocycles. The maximum Gasteiger partial charge on any atom is 0.135 e. The van der Waals surface area contributed by atoms with Gasteiger partial charge in [-0.3, -0.25) is 5.43 Å². The molecule has 0 atom stereocenters. The summed E-state index contributed by atoms with van der Waals surface area (Å²) in [5.41, 5.74) is 4.79. The van der Waals surface area contributed by atoms with E-state index in [0.29, 0.717) is 5.92 Å². The zero-order chi connectivity index (χ0) is 12.4. The molecule has 0 rings (SSSR count). The topological polar surface area (TPSA) is 48.8 Å². The number of hydrogen-bond donors (Lipinski definition) is 3. The SMILES string of the molecule is C/C(=C\N/C=C\S)N/N=C\N=C(/C)C(C)C. The molecular weight excluding hydrogens is 220 g/mol. The third-order valence-corrected chi connectivity index (χ3v) is 2.02. The molecule has 0 aromatic carbocycles. The summed E-state index contributed by atoms with van der Waals surface area (Å²) < 4.78 is 0. The average Bonchev–Trinajstić information content (AvgIpc) is 2.24. The number of aliphatic imine (C=N–C) groups is 1. The van der Waals surface area contributed by atoms with Crippen molar-refractivity contribution in [3.05, 3.63) is 23.5 Å². The zero-order valence-corrected chi connectivity index (χ0v) is 11.1. The molecular formula is C11H20N4S. The second-order valence-corrected chi connectivity index (χ2v) is 3.89. The fourth-order valence-corrected chi connectivity index (χ4v) is 0.734. The van der Waals surface area contributed by atoms with Gasteiger partial charge in [-0.2, -0.15) is 5.10 Å². The second kappa shape index (κ2) is 9.03. The minimum absolute atomic E-state index is 0.449. The summed E-state index contributed by atoms with van der Waals surface area (Å²) in [6.45, 7) is 8.08. The first-order chi connectivity index (χ1) is 7.57. The predicted molar refractivity (Wildman–Crippen MR) is 74.6 cm³/mol. The molecule has 0 aliphatic heterocycles. The largest absolute Gasteiger partial charge is 0.366 e. The van der Waals surface area contributed by atoms with Gasteiger partial charge in [-0.15, -0.1) is 12.6 Å². The average molecular weight is 240 g/mol. The van der Waals surface area contributed by atoms with Crippen molar-refractivity contribution >= 4 is 24.7 Å². The normalized spacial score (nSPS) is 14.1. The maximum absolute atomic E-state index is 4.18. The minimum atomic E-state index is 0.449. The summed E-state index contributed by atoms with van der Waals surface area (Å²) in [5, 5.41) is 8.48. The molecule has 0 bridgehead atoms. The van der Waals surface area contributed by atoms with Crippen LogP contribution < -0.4 is 10.7 Å². The quantitative estimate of drug-likeness (QED) is 0.289. The van der Waals surface area contributed by atoms with Crippen LogP contribution in [0, 0.1) is 5.92 Å². The summed E-state index contributed by atoms with van der Waals surface area (Å²) in [7, 11) is 0. The highest BCUT2D eigenvalue weighted by molar-refractivity contribution is 7.83. The van der Waals surface area contributed by atoms with Crippen molar-refractivity contribution in [2.45, 2.75) is 27.7 Å². The maximum atomic E-state index is 4.18. The van der Waals surface area contributed by atoms with Crippen molar-refractivity contribution in [2.24, 2.45) is 16.0 Å². The van der Waals surface area contributed by atoms with E-state index < -0.39 is 0 Å². The first-order valence-corrected chi connectivity index (χ1v) is 5.63. The molecule has 0 aromatic rings. The van der Waals surface area contributed by atoms with E-state index in [9.17, 15) is 0 Å². The Bertz CT molecular complexity index is 303. The first kappa shape index (κ1) is 14.8. The third-order valence-electron chi connectivity index (χ3n) is 1.87. The lowest BCUT2D eigenvalue weighted by Gasteiger charge is -2.01. The van der Waals surface area contributed by atoms with E-state index in [0.717, 1.165) is 11.4 Å². The van der Waals surface area contributed by atoms with Crippen LogP contribution in [0.1, 0.15) is 27.7 Å². The van der Waals surface area contributed by atoms with Crippen LogP contribution in [0.3, 0.4) is 0 Å². The molecule has 0 aliphatic rings. The van der Waals surface area contributed by atoms with E-state index in [-0.39, 0.29) is 0 Å². The Morgan fingerprint density at radius 2 is 2.00 bits per heavy atom. The van der Waals surface area contributed by atoms with Crippen LogP contribution in [0.2, 0.25) is 0 Å². The van der Waals surface area contributed by atoms with Gasteiger partial charge in [-0.1, -0.05) is 13.8 Å².